The number of amides is 2. The smallest absolute Gasteiger partial charge is 0.335 e. The molecule has 0 radical (unpaired) electrons. The van der Waals surface area contributed by atoms with E-state index in [4.69, 9.17) is 0 Å². The number of piperidine rings is 2. The van der Waals surface area contributed by atoms with Crippen LogP contribution in [0.3, 0.4) is 0 Å². The van der Waals surface area contributed by atoms with Gasteiger partial charge in [0.1, 0.15) is 0 Å². The molecule has 2 rings (SSSR count). The minimum Gasteiger partial charge on any atom is -0.335 e. The molecule has 0 saturated carbocycles. The van der Waals surface area contributed by atoms with Gasteiger partial charge < -0.3 is 9.80 Å². The fourth-order valence-electron chi connectivity index (χ4n) is 3.51. The molecule has 2 saturated heterocycles. The van der Waals surface area contributed by atoms with Crippen molar-refractivity contribution in [3.05, 3.63) is 0 Å². The molecule has 0 aromatic rings. The van der Waals surface area contributed by atoms with Gasteiger partial charge in [0.2, 0.25) is 0 Å². The van der Waals surface area contributed by atoms with Crippen molar-refractivity contribution in [3.8, 4) is 0 Å². The topological polar surface area (TPSA) is 40.6 Å². The van der Waals surface area contributed by atoms with E-state index < -0.39 is 24.2 Å². The summed E-state index contributed by atoms with van der Waals surface area (Å²) in [5, 5.41) is 0. The fourth-order valence-corrected chi connectivity index (χ4v) is 3.51. The van der Waals surface area contributed by atoms with Crippen LogP contribution in [-0.2, 0) is 9.59 Å². The van der Waals surface area contributed by atoms with Gasteiger partial charge in [-0.2, -0.15) is 26.3 Å². The lowest BCUT2D eigenvalue weighted by Gasteiger charge is -2.40. The Morgan fingerprint density at radius 2 is 0.875 bits per heavy atom. The molecule has 10 heteroatoms. The maximum Gasteiger partial charge on any atom is 0.471 e. The first-order valence-corrected chi connectivity index (χ1v) is 7.72. The Balaban J connectivity index is 1.81. The molecule has 0 bridgehead atoms. The second-order valence-corrected chi connectivity index (χ2v) is 6.25. The van der Waals surface area contributed by atoms with Gasteiger partial charge in [-0.25, -0.2) is 0 Å². The van der Waals surface area contributed by atoms with Crippen molar-refractivity contribution in [1.82, 2.24) is 9.80 Å². The number of hydrogen-bond donors (Lipinski definition) is 0. The van der Waals surface area contributed by atoms with Gasteiger partial charge in [-0.3, -0.25) is 9.59 Å². The van der Waals surface area contributed by atoms with E-state index in [0.29, 0.717) is 25.7 Å². The Hall–Kier alpha value is -1.48. The van der Waals surface area contributed by atoms with Crippen LogP contribution in [0.25, 0.3) is 0 Å². The Morgan fingerprint density at radius 1 is 0.625 bits per heavy atom. The first kappa shape index (κ1) is 18.9. The minimum atomic E-state index is -4.88. The van der Waals surface area contributed by atoms with Gasteiger partial charge >= 0.3 is 24.2 Å². The quantitative estimate of drug-likeness (QED) is 0.675. The van der Waals surface area contributed by atoms with Gasteiger partial charge in [-0.1, -0.05) is 0 Å². The minimum absolute atomic E-state index is 0.00467. The summed E-state index contributed by atoms with van der Waals surface area (Å²) >= 11 is 0. The summed E-state index contributed by atoms with van der Waals surface area (Å²) < 4.78 is 74.3. The van der Waals surface area contributed by atoms with Crippen molar-refractivity contribution < 1.29 is 35.9 Å². The van der Waals surface area contributed by atoms with E-state index in [2.05, 4.69) is 0 Å². The number of hydrogen-bond acceptors (Lipinski definition) is 2. The lowest BCUT2D eigenvalue weighted by atomic mass is 9.78. The van der Waals surface area contributed by atoms with E-state index in [-0.39, 0.29) is 38.0 Å². The van der Waals surface area contributed by atoms with Gasteiger partial charge in [0.05, 0.1) is 0 Å². The zero-order valence-electron chi connectivity index (χ0n) is 12.8. The number of carbonyl (C=O) groups excluding carboxylic acids is 2. The maximum absolute atomic E-state index is 12.4. The van der Waals surface area contributed by atoms with Gasteiger partial charge in [0.15, 0.2) is 0 Å². The largest absolute Gasteiger partial charge is 0.471 e. The molecule has 138 valence electrons. The Bertz CT molecular complexity index is 431. The molecule has 0 atom stereocenters. The van der Waals surface area contributed by atoms with Crippen LogP contribution in [0.1, 0.15) is 25.7 Å². The van der Waals surface area contributed by atoms with E-state index in [0.717, 1.165) is 9.80 Å². The van der Waals surface area contributed by atoms with Crippen molar-refractivity contribution in [2.75, 3.05) is 26.2 Å². The van der Waals surface area contributed by atoms with Gasteiger partial charge in [0.25, 0.3) is 0 Å². The number of nitrogens with zero attached hydrogens (tertiary/aromatic N) is 2. The predicted molar refractivity (Wildman–Crippen MR) is 70.7 cm³/mol. The normalized spacial score (nSPS) is 21.9. The van der Waals surface area contributed by atoms with E-state index >= 15 is 0 Å². The van der Waals surface area contributed by atoms with E-state index in [1.165, 1.54) is 0 Å². The van der Waals surface area contributed by atoms with Crippen LogP contribution >= 0.6 is 0 Å². The second-order valence-electron chi connectivity index (χ2n) is 6.25. The third-order valence-corrected chi connectivity index (χ3v) is 4.81. The third-order valence-electron chi connectivity index (χ3n) is 4.81. The monoisotopic (exact) mass is 360 g/mol. The number of carbonyl (C=O) groups is 2. The molecule has 4 nitrogen and oxygen atoms in total. The molecular weight excluding hydrogens is 342 g/mol. The van der Waals surface area contributed by atoms with Gasteiger partial charge in [0, 0.05) is 26.2 Å². The van der Waals surface area contributed by atoms with Crippen LogP contribution in [0.5, 0.6) is 0 Å². The average Bonchev–Trinajstić information content (AvgIpc) is 2.52. The van der Waals surface area contributed by atoms with Crippen LogP contribution in [0.4, 0.5) is 26.3 Å². The van der Waals surface area contributed by atoms with Crippen LogP contribution in [0.15, 0.2) is 0 Å². The number of halogens is 6. The molecule has 0 aromatic heterocycles. The molecule has 0 spiro atoms. The highest BCUT2D eigenvalue weighted by molar-refractivity contribution is 5.82. The third kappa shape index (κ3) is 4.32. The highest BCUT2D eigenvalue weighted by Crippen LogP contribution is 2.34. The second kappa shape index (κ2) is 6.79. The Kier molecular flexibility index (Phi) is 5.34. The Labute approximate surface area is 134 Å². The summed E-state index contributed by atoms with van der Waals surface area (Å²) in [5.41, 5.74) is 0. The lowest BCUT2D eigenvalue weighted by molar-refractivity contribution is -0.188. The predicted octanol–water partition coefficient (Wildman–Crippen LogP) is 2.59. The van der Waals surface area contributed by atoms with Crippen molar-refractivity contribution in [1.29, 1.82) is 0 Å². The summed E-state index contributed by atoms with van der Waals surface area (Å²) in [6.07, 6.45) is -8.15. The summed E-state index contributed by atoms with van der Waals surface area (Å²) in [4.78, 5) is 23.9. The first-order chi connectivity index (χ1) is 11.0. The molecule has 2 fully saturated rings. The van der Waals surface area contributed by atoms with Gasteiger partial charge in [-0.15, -0.1) is 0 Å². The number of likely N-dealkylation sites (tertiary alicyclic amines) is 2. The highest BCUT2D eigenvalue weighted by Gasteiger charge is 2.45. The fraction of sp³-hybridized carbons (Fsp3) is 0.857. The molecule has 2 aliphatic rings. The van der Waals surface area contributed by atoms with Crippen LogP contribution in [0, 0.1) is 11.8 Å². The summed E-state index contributed by atoms with van der Waals surface area (Å²) in [5.74, 6) is -3.53. The number of rotatable bonds is 1. The summed E-state index contributed by atoms with van der Waals surface area (Å²) in [6, 6.07) is 0. The Morgan fingerprint density at radius 3 is 1.08 bits per heavy atom. The summed E-state index contributed by atoms with van der Waals surface area (Å²) in [7, 11) is 0. The number of alkyl halides is 6. The molecule has 2 amide bonds. The SMILES string of the molecule is O=C(N1CCC(C2CCN(C(=O)C(F)(F)F)CC2)CC1)C(F)(F)F. The van der Waals surface area contributed by atoms with Crippen molar-refractivity contribution in [2.24, 2.45) is 11.8 Å². The molecule has 2 aliphatic heterocycles. The van der Waals surface area contributed by atoms with E-state index in [9.17, 15) is 35.9 Å². The lowest BCUT2D eigenvalue weighted by Crippen LogP contribution is -2.48. The zero-order chi connectivity index (χ0) is 18.1. The van der Waals surface area contributed by atoms with Gasteiger partial charge in [-0.05, 0) is 37.5 Å². The molecule has 0 unspecified atom stereocenters. The average molecular weight is 360 g/mol. The van der Waals surface area contributed by atoms with Crippen LogP contribution in [-0.4, -0.2) is 60.1 Å². The standard InChI is InChI=1S/C14H18F6N2O2/c15-13(16,17)11(23)21-5-1-9(2-6-21)10-3-7-22(8-4-10)12(24)14(18,19)20/h9-10H,1-8H2. The van der Waals surface area contributed by atoms with Crippen molar-refractivity contribution >= 4 is 11.8 Å². The molecule has 0 aromatic carbocycles. The van der Waals surface area contributed by atoms with Crippen molar-refractivity contribution in [2.45, 2.75) is 38.0 Å². The highest BCUT2D eigenvalue weighted by atomic mass is 19.4. The molecule has 0 N–H and O–H groups in total. The molecule has 2 heterocycles. The molecule has 24 heavy (non-hydrogen) atoms. The van der Waals surface area contributed by atoms with Crippen molar-refractivity contribution in [3.63, 3.8) is 0 Å². The van der Waals surface area contributed by atoms with E-state index in [1.54, 1.807) is 0 Å². The first-order valence-electron chi connectivity index (χ1n) is 7.72. The van der Waals surface area contributed by atoms with Crippen LogP contribution < -0.4 is 0 Å². The molecule has 0 aliphatic carbocycles. The van der Waals surface area contributed by atoms with Crippen LogP contribution in [0.2, 0.25) is 0 Å². The zero-order valence-corrected chi connectivity index (χ0v) is 12.8. The maximum atomic E-state index is 12.4. The van der Waals surface area contributed by atoms with E-state index in [1.807, 2.05) is 0 Å². The molecular formula is C14H18F6N2O2. The summed E-state index contributed by atoms with van der Waals surface area (Å²) in [6.45, 7) is 0.0187.